The van der Waals surface area contributed by atoms with E-state index in [1.807, 2.05) is 30.3 Å². The van der Waals surface area contributed by atoms with Crippen LogP contribution in [-0.2, 0) is 0 Å². The number of para-hydroxylation sites is 1. The van der Waals surface area contributed by atoms with Crippen LogP contribution in [0.3, 0.4) is 0 Å². The predicted octanol–water partition coefficient (Wildman–Crippen LogP) is 5.73. The Morgan fingerprint density at radius 3 is 2.41 bits per heavy atom. The molecule has 1 amide bonds. The predicted molar refractivity (Wildman–Crippen MR) is 133 cm³/mol. The zero-order valence-electron chi connectivity index (χ0n) is 19.7. The molecule has 0 saturated carbocycles. The highest BCUT2D eigenvalue weighted by molar-refractivity contribution is 6.04. The van der Waals surface area contributed by atoms with Crippen LogP contribution < -0.4 is 10.2 Å². The molecule has 0 atom stereocenters. The van der Waals surface area contributed by atoms with E-state index in [4.69, 9.17) is 9.97 Å². The minimum atomic E-state index is -0.411. The van der Waals surface area contributed by atoms with Crippen LogP contribution >= 0.6 is 0 Å². The highest BCUT2D eigenvalue weighted by Gasteiger charge is 2.25. The van der Waals surface area contributed by atoms with Gasteiger partial charge in [0.25, 0.3) is 5.91 Å². The Morgan fingerprint density at radius 2 is 1.71 bits per heavy atom. The van der Waals surface area contributed by atoms with E-state index in [-0.39, 0.29) is 11.6 Å². The topological polar surface area (TPSA) is 63.1 Å². The molecular formula is C27H28FN5O. The second-order valence-corrected chi connectivity index (χ2v) is 8.91. The molecule has 2 aromatic carbocycles. The van der Waals surface area contributed by atoms with E-state index >= 15 is 0 Å². The number of hydrogen-bond donors (Lipinski definition) is 1. The summed E-state index contributed by atoms with van der Waals surface area (Å²) >= 11 is 0. The van der Waals surface area contributed by atoms with Crippen molar-refractivity contribution in [1.82, 2.24) is 14.5 Å². The van der Waals surface area contributed by atoms with Crippen molar-refractivity contribution in [1.29, 1.82) is 0 Å². The number of aromatic nitrogens is 3. The third kappa shape index (κ3) is 3.91. The number of carbonyl (C=O) groups excluding carboxylic acids is 1. The van der Waals surface area contributed by atoms with Crippen LogP contribution in [0.1, 0.15) is 46.7 Å². The van der Waals surface area contributed by atoms with Gasteiger partial charge in [-0.3, -0.25) is 9.36 Å². The summed E-state index contributed by atoms with van der Waals surface area (Å²) in [6, 6.07) is 14.3. The molecule has 2 aromatic heterocycles. The Kier molecular flexibility index (Phi) is 5.77. The Balaban J connectivity index is 1.68. The molecule has 6 nitrogen and oxygen atoms in total. The number of fused-ring (bicyclic) bond motifs is 1. The van der Waals surface area contributed by atoms with Gasteiger partial charge in [0.2, 0.25) is 5.82 Å². The van der Waals surface area contributed by atoms with Crippen LogP contribution in [0, 0.1) is 26.6 Å². The highest BCUT2D eigenvalue weighted by atomic mass is 19.1. The molecule has 174 valence electrons. The minimum absolute atomic E-state index is 0.103. The average molecular weight is 458 g/mol. The van der Waals surface area contributed by atoms with Crippen molar-refractivity contribution in [2.45, 2.75) is 40.0 Å². The van der Waals surface area contributed by atoms with Crippen molar-refractivity contribution < 1.29 is 9.18 Å². The van der Waals surface area contributed by atoms with E-state index < -0.39 is 5.91 Å². The van der Waals surface area contributed by atoms with Crippen LogP contribution in [0.4, 0.5) is 15.9 Å². The third-order valence-electron chi connectivity index (χ3n) is 6.65. The maximum atomic E-state index is 13.5. The number of piperidine rings is 1. The lowest BCUT2D eigenvalue weighted by Gasteiger charge is -2.28. The largest absolute Gasteiger partial charge is 0.356 e. The summed E-state index contributed by atoms with van der Waals surface area (Å²) < 4.78 is 15.6. The van der Waals surface area contributed by atoms with Crippen molar-refractivity contribution in [2.24, 2.45) is 0 Å². The Hall–Kier alpha value is -3.74. The number of rotatable bonds is 4. The molecule has 0 spiro atoms. The fourth-order valence-corrected chi connectivity index (χ4v) is 4.72. The fraction of sp³-hybridized carbons (Fsp3) is 0.296. The van der Waals surface area contributed by atoms with E-state index in [1.165, 1.54) is 18.6 Å². The molecule has 0 radical (unpaired) electrons. The molecule has 3 heterocycles. The van der Waals surface area contributed by atoms with Crippen LogP contribution in [0.5, 0.6) is 0 Å². The lowest BCUT2D eigenvalue weighted by atomic mass is 10.1. The second kappa shape index (κ2) is 8.89. The molecule has 1 fully saturated rings. The standard InChI is InChI=1S/C27H28FN5O/c1-17-16-20(28)12-13-22(17)29-27(34)24-30-25(32-14-8-5-9-15-32)23-18(2)19(3)33(26(23)31-24)21-10-6-4-7-11-21/h4,6-7,10-13,16H,5,8-9,14-15H2,1-3H3,(H,29,34). The smallest absolute Gasteiger partial charge is 0.293 e. The van der Waals surface area contributed by atoms with E-state index in [0.29, 0.717) is 11.3 Å². The number of nitrogens with zero attached hydrogens (tertiary/aromatic N) is 4. The van der Waals surface area contributed by atoms with Crippen molar-refractivity contribution in [3.63, 3.8) is 0 Å². The van der Waals surface area contributed by atoms with Gasteiger partial charge in [-0.15, -0.1) is 0 Å². The van der Waals surface area contributed by atoms with E-state index in [0.717, 1.165) is 59.7 Å². The maximum absolute atomic E-state index is 13.5. The fourth-order valence-electron chi connectivity index (χ4n) is 4.72. The summed E-state index contributed by atoms with van der Waals surface area (Å²) in [4.78, 5) is 25.1. The number of aryl methyl sites for hydroxylation is 2. The molecule has 0 unspecified atom stereocenters. The molecule has 1 saturated heterocycles. The van der Waals surface area contributed by atoms with Gasteiger partial charge in [-0.05, 0) is 81.5 Å². The Labute approximate surface area is 198 Å². The highest BCUT2D eigenvalue weighted by Crippen LogP contribution is 2.35. The van der Waals surface area contributed by atoms with Gasteiger partial charge in [0.15, 0.2) is 5.65 Å². The quantitative estimate of drug-likeness (QED) is 0.425. The minimum Gasteiger partial charge on any atom is -0.356 e. The number of amides is 1. The van der Waals surface area contributed by atoms with Gasteiger partial charge in [0.05, 0.1) is 5.39 Å². The van der Waals surface area contributed by atoms with Crippen LogP contribution in [0.2, 0.25) is 0 Å². The first-order chi connectivity index (χ1) is 16.4. The van der Waals surface area contributed by atoms with Crippen LogP contribution in [-0.4, -0.2) is 33.5 Å². The normalized spacial score (nSPS) is 13.9. The SMILES string of the molecule is Cc1cc(F)ccc1NC(=O)c1nc(N2CCCCC2)c2c(C)c(C)n(-c3ccccc3)c2n1. The number of benzene rings is 2. The monoisotopic (exact) mass is 457 g/mol. The maximum Gasteiger partial charge on any atom is 0.293 e. The van der Waals surface area contributed by atoms with E-state index in [9.17, 15) is 9.18 Å². The number of hydrogen-bond acceptors (Lipinski definition) is 4. The lowest BCUT2D eigenvalue weighted by Crippen LogP contribution is -2.31. The van der Waals surface area contributed by atoms with Gasteiger partial charge >= 0.3 is 0 Å². The Bertz CT molecular complexity index is 1370. The summed E-state index contributed by atoms with van der Waals surface area (Å²) in [6.45, 7) is 7.73. The van der Waals surface area contributed by atoms with Gasteiger partial charge in [0.1, 0.15) is 11.6 Å². The van der Waals surface area contributed by atoms with Crippen molar-refractivity contribution in [3.8, 4) is 5.69 Å². The third-order valence-corrected chi connectivity index (χ3v) is 6.65. The summed E-state index contributed by atoms with van der Waals surface area (Å²) in [5, 5.41) is 3.85. The number of anilines is 2. The lowest BCUT2D eigenvalue weighted by molar-refractivity contribution is 0.101. The molecule has 1 N–H and O–H groups in total. The van der Waals surface area contributed by atoms with Gasteiger partial charge in [0, 0.05) is 30.2 Å². The average Bonchev–Trinajstić information content (AvgIpc) is 3.11. The summed E-state index contributed by atoms with van der Waals surface area (Å²) in [6.07, 6.45) is 3.39. The summed E-state index contributed by atoms with van der Waals surface area (Å²) in [5.74, 6) is 0.158. The zero-order chi connectivity index (χ0) is 23.8. The van der Waals surface area contributed by atoms with E-state index in [1.54, 1.807) is 13.0 Å². The zero-order valence-corrected chi connectivity index (χ0v) is 19.7. The number of nitrogens with one attached hydrogen (secondary N) is 1. The summed E-state index contributed by atoms with van der Waals surface area (Å²) in [7, 11) is 0. The van der Waals surface area contributed by atoms with Crippen molar-refractivity contribution in [3.05, 3.63) is 77.0 Å². The first kappa shape index (κ1) is 22.1. The van der Waals surface area contributed by atoms with Crippen LogP contribution in [0.15, 0.2) is 48.5 Å². The molecule has 5 rings (SSSR count). The van der Waals surface area contributed by atoms with Crippen LogP contribution in [0.25, 0.3) is 16.7 Å². The van der Waals surface area contributed by atoms with Crippen molar-refractivity contribution in [2.75, 3.05) is 23.3 Å². The molecule has 4 aromatic rings. The molecule has 34 heavy (non-hydrogen) atoms. The Morgan fingerprint density at radius 1 is 0.971 bits per heavy atom. The molecule has 0 aliphatic carbocycles. The van der Waals surface area contributed by atoms with Crippen molar-refractivity contribution >= 4 is 28.4 Å². The first-order valence-corrected chi connectivity index (χ1v) is 11.7. The van der Waals surface area contributed by atoms with Gasteiger partial charge in [-0.25, -0.2) is 14.4 Å². The first-order valence-electron chi connectivity index (χ1n) is 11.7. The molecule has 1 aliphatic rings. The van der Waals surface area contributed by atoms with E-state index in [2.05, 4.69) is 28.6 Å². The molecule has 7 heteroatoms. The molecule has 0 bridgehead atoms. The molecular weight excluding hydrogens is 429 g/mol. The number of carbonyl (C=O) groups is 1. The van der Waals surface area contributed by atoms with Gasteiger partial charge in [-0.1, -0.05) is 18.2 Å². The summed E-state index contributed by atoms with van der Waals surface area (Å²) in [5.41, 5.74) is 5.08. The van der Waals surface area contributed by atoms with Gasteiger partial charge < -0.3 is 10.2 Å². The molecule has 1 aliphatic heterocycles. The number of halogens is 1. The second-order valence-electron chi connectivity index (χ2n) is 8.91. The van der Waals surface area contributed by atoms with Gasteiger partial charge in [-0.2, -0.15) is 0 Å².